The van der Waals surface area contributed by atoms with Gasteiger partial charge in [0, 0.05) is 31.4 Å². The molecule has 30 heavy (non-hydrogen) atoms. The van der Waals surface area contributed by atoms with Crippen LogP contribution in [0.2, 0.25) is 0 Å². The number of hydrogen-bond acceptors (Lipinski definition) is 4. The monoisotopic (exact) mass is 426 g/mol. The summed E-state index contributed by atoms with van der Waals surface area (Å²) in [5.74, 6) is -3.81. The van der Waals surface area contributed by atoms with Crippen molar-refractivity contribution in [3.05, 3.63) is 53.7 Å². The number of aryl methyl sites for hydroxylation is 1. The van der Waals surface area contributed by atoms with Crippen LogP contribution < -0.4 is 5.32 Å². The van der Waals surface area contributed by atoms with E-state index in [0.29, 0.717) is 36.1 Å². The molecule has 0 aliphatic carbocycles. The van der Waals surface area contributed by atoms with Gasteiger partial charge < -0.3 is 5.32 Å². The molecule has 12 heteroatoms. The van der Waals surface area contributed by atoms with E-state index >= 15 is 0 Å². The van der Waals surface area contributed by atoms with Gasteiger partial charge in [0.25, 0.3) is 11.8 Å². The van der Waals surface area contributed by atoms with Gasteiger partial charge in [-0.25, -0.2) is 0 Å². The van der Waals surface area contributed by atoms with E-state index < -0.39 is 24.2 Å². The lowest BCUT2D eigenvalue weighted by molar-refractivity contribution is -0.212. The summed E-state index contributed by atoms with van der Waals surface area (Å²) in [6.45, 7) is 1.21. The average molecular weight is 426 g/mol. The molecule has 0 radical (unpaired) electrons. The van der Waals surface area contributed by atoms with Crippen molar-refractivity contribution in [2.45, 2.75) is 38.2 Å². The number of carbonyl (C=O) groups is 1. The number of amides is 1. The smallest absolute Gasteiger partial charge is 0.344 e. The van der Waals surface area contributed by atoms with Crippen LogP contribution in [0.4, 0.5) is 22.0 Å². The van der Waals surface area contributed by atoms with Crippen LogP contribution in [0.25, 0.3) is 11.3 Å². The van der Waals surface area contributed by atoms with E-state index in [1.807, 2.05) is 0 Å². The molecule has 0 spiro atoms. The Morgan fingerprint density at radius 1 is 1.23 bits per heavy atom. The molecule has 0 unspecified atom stereocenters. The number of nitrogens with zero attached hydrogens (tertiary/aromatic N) is 5. The fourth-order valence-corrected chi connectivity index (χ4v) is 3.23. The summed E-state index contributed by atoms with van der Waals surface area (Å²) in [5, 5.41) is 10.2. The lowest BCUT2D eigenvalue weighted by Gasteiger charge is -2.11. The maximum atomic E-state index is 13.5. The Bertz CT molecular complexity index is 1100. The standard InChI is InChI=1S/C18H15F5N6O/c1-17(19,20)15-6-10(2-4-24-15)13-7-14-12(3-5-28(14)27-13)26-16(30)11-8-25-29(9-11)18(21,22)23/h2,4,6-9,12H,3,5H2,1H3,(H,26,30)/t12-/m0/s1. The molecule has 0 aromatic carbocycles. The molecule has 1 aliphatic rings. The molecule has 1 amide bonds. The van der Waals surface area contributed by atoms with E-state index in [2.05, 4.69) is 20.5 Å². The number of fused-ring (bicyclic) bond motifs is 1. The van der Waals surface area contributed by atoms with Crippen LogP contribution in [0.1, 0.15) is 41.1 Å². The molecule has 1 atom stereocenters. The van der Waals surface area contributed by atoms with Gasteiger partial charge in [-0.2, -0.15) is 23.7 Å². The molecule has 3 aromatic rings. The summed E-state index contributed by atoms with van der Waals surface area (Å²) in [6.07, 6.45) is -1.50. The van der Waals surface area contributed by atoms with Gasteiger partial charge >= 0.3 is 6.30 Å². The first-order chi connectivity index (χ1) is 14.0. The van der Waals surface area contributed by atoms with E-state index in [1.54, 1.807) is 16.8 Å². The molecule has 1 aliphatic heterocycles. The van der Waals surface area contributed by atoms with Crippen molar-refractivity contribution in [3.63, 3.8) is 0 Å². The zero-order chi connectivity index (χ0) is 21.7. The van der Waals surface area contributed by atoms with Crippen molar-refractivity contribution < 1.29 is 26.7 Å². The second kappa shape index (κ2) is 6.89. The van der Waals surface area contributed by atoms with E-state index in [1.165, 1.54) is 12.3 Å². The van der Waals surface area contributed by atoms with Crippen LogP contribution in [0.15, 0.2) is 36.8 Å². The second-order valence-corrected chi connectivity index (χ2v) is 6.95. The first-order valence-electron chi connectivity index (χ1n) is 8.87. The molecule has 4 heterocycles. The van der Waals surface area contributed by atoms with Gasteiger partial charge in [-0.1, -0.05) is 0 Å². The third kappa shape index (κ3) is 3.76. The lowest BCUT2D eigenvalue weighted by Crippen LogP contribution is -2.27. The Labute approximate surface area is 166 Å². The molecular formula is C18H15F5N6O. The number of hydrogen-bond donors (Lipinski definition) is 1. The minimum Gasteiger partial charge on any atom is -0.344 e. The van der Waals surface area contributed by atoms with Crippen LogP contribution in [0.3, 0.4) is 0 Å². The molecule has 1 N–H and O–H groups in total. The number of aromatic nitrogens is 5. The molecule has 158 valence electrons. The van der Waals surface area contributed by atoms with Crippen molar-refractivity contribution in [2.75, 3.05) is 0 Å². The van der Waals surface area contributed by atoms with Crippen molar-refractivity contribution in [2.24, 2.45) is 0 Å². The van der Waals surface area contributed by atoms with Crippen LogP contribution >= 0.6 is 0 Å². The molecule has 0 saturated heterocycles. The molecule has 4 rings (SSSR count). The van der Waals surface area contributed by atoms with Gasteiger partial charge in [0.15, 0.2) is 0 Å². The summed E-state index contributed by atoms with van der Waals surface area (Å²) in [5.41, 5.74) is 0.888. The highest BCUT2D eigenvalue weighted by atomic mass is 19.4. The zero-order valence-electron chi connectivity index (χ0n) is 15.5. The summed E-state index contributed by atoms with van der Waals surface area (Å²) < 4.78 is 66.4. The topological polar surface area (TPSA) is 77.6 Å². The second-order valence-electron chi connectivity index (χ2n) is 6.95. The number of nitrogens with one attached hydrogen (secondary N) is 1. The Hall–Kier alpha value is -3.31. The van der Waals surface area contributed by atoms with Gasteiger partial charge in [0.05, 0.1) is 29.2 Å². The highest BCUT2D eigenvalue weighted by Gasteiger charge is 2.33. The number of alkyl halides is 5. The molecule has 0 saturated carbocycles. The summed E-state index contributed by atoms with van der Waals surface area (Å²) in [4.78, 5) is 16.0. The number of rotatable bonds is 4. The number of pyridine rings is 1. The third-order valence-corrected chi connectivity index (χ3v) is 4.71. The Balaban J connectivity index is 1.54. The van der Waals surface area contributed by atoms with E-state index in [4.69, 9.17) is 0 Å². The van der Waals surface area contributed by atoms with Crippen molar-refractivity contribution in [1.29, 1.82) is 0 Å². The molecule has 7 nitrogen and oxygen atoms in total. The van der Waals surface area contributed by atoms with Gasteiger partial charge in [-0.15, -0.1) is 13.2 Å². The first-order valence-corrected chi connectivity index (χ1v) is 8.87. The summed E-state index contributed by atoms with van der Waals surface area (Å²) in [7, 11) is 0. The van der Waals surface area contributed by atoms with Gasteiger partial charge in [-0.05, 0) is 24.6 Å². The van der Waals surface area contributed by atoms with Gasteiger partial charge in [0.1, 0.15) is 5.69 Å². The van der Waals surface area contributed by atoms with E-state index in [-0.39, 0.29) is 15.9 Å². The molecule has 0 fully saturated rings. The Morgan fingerprint density at radius 2 is 2.00 bits per heavy atom. The Morgan fingerprint density at radius 3 is 2.67 bits per heavy atom. The van der Waals surface area contributed by atoms with Crippen molar-refractivity contribution in [1.82, 2.24) is 29.9 Å². The predicted octanol–water partition coefficient (Wildman–Crippen LogP) is 3.60. The van der Waals surface area contributed by atoms with Crippen molar-refractivity contribution >= 4 is 5.91 Å². The van der Waals surface area contributed by atoms with Crippen LogP contribution in [0.5, 0.6) is 0 Å². The van der Waals surface area contributed by atoms with Crippen LogP contribution in [0, 0.1) is 0 Å². The third-order valence-electron chi connectivity index (χ3n) is 4.71. The van der Waals surface area contributed by atoms with Crippen LogP contribution in [-0.2, 0) is 18.8 Å². The normalized spacial score (nSPS) is 16.5. The van der Waals surface area contributed by atoms with Crippen LogP contribution in [-0.4, -0.2) is 30.5 Å². The number of carbonyl (C=O) groups excluding carboxylic acids is 1. The minimum atomic E-state index is -4.71. The molecular weight excluding hydrogens is 411 g/mol. The summed E-state index contributed by atoms with van der Waals surface area (Å²) in [6, 6.07) is 3.97. The van der Waals surface area contributed by atoms with Crippen molar-refractivity contribution in [3.8, 4) is 11.3 Å². The first kappa shape index (κ1) is 20.0. The molecule has 3 aromatic heterocycles. The SMILES string of the molecule is CC(F)(F)c1cc(-c2cc3n(n2)CC[C@@H]3NC(=O)c2cnn(C(F)(F)F)c2)ccn1. The maximum absolute atomic E-state index is 13.5. The number of halogens is 5. The largest absolute Gasteiger partial charge is 0.504 e. The van der Waals surface area contributed by atoms with Gasteiger partial charge in [-0.3, -0.25) is 14.5 Å². The lowest BCUT2D eigenvalue weighted by atomic mass is 10.1. The minimum absolute atomic E-state index is 0.227. The zero-order valence-corrected chi connectivity index (χ0v) is 15.5. The van der Waals surface area contributed by atoms with E-state index in [0.717, 1.165) is 13.1 Å². The maximum Gasteiger partial charge on any atom is 0.504 e. The Kier molecular flexibility index (Phi) is 4.59. The predicted molar refractivity (Wildman–Crippen MR) is 93.4 cm³/mol. The highest BCUT2D eigenvalue weighted by molar-refractivity contribution is 5.94. The fraction of sp³-hybridized carbons (Fsp3) is 0.333. The van der Waals surface area contributed by atoms with E-state index in [9.17, 15) is 26.7 Å². The average Bonchev–Trinajstić information content (AvgIpc) is 3.37. The van der Waals surface area contributed by atoms with Gasteiger partial charge in [0.2, 0.25) is 0 Å². The quantitative estimate of drug-likeness (QED) is 0.647. The summed E-state index contributed by atoms with van der Waals surface area (Å²) >= 11 is 0. The highest BCUT2D eigenvalue weighted by Crippen LogP contribution is 2.32. The fourth-order valence-electron chi connectivity index (χ4n) is 3.23. The molecule has 0 bridgehead atoms.